The molecule has 1 saturated heterocycles. The van der Waals surface area contributed by atoms with Crippen molar-refractivity contribution in [2.75, 3.05) is 31.1 Å². The van der Waals surface area contributed by atoms with Crippen LogP contribution in [0.2, 0.25) is 0 Å². The minimum Gasteiger partial charge on any atom is -0.468 e. The number of hydrogen-bond acceptors (Lipinski definition) is 3. The summed E-state index contributed by atoms with van der Waals surface area (Å²) in [5, 5.41) is 0. The van der Waals surface area contributed by atoms with Crippen LogP contribution in [0.3, 0.4) is 0 Å². The topological polar surface area (TPSA) is 19.6 Å². The molecule has 6 heteroatoms. The van der Waals surface area contributed by atoms with Crippen molar-refractivity contribution in [1.82, 2.24) is 4.90 Å². The number of halogens is 3. The summed E-state index contributed by atoms with van der Waals surface area (Å²) < 4.78 is 43.6. The third kappa shape index (κ3) is 3.44. The first kappa shape index (κ1) is 15.0. The van der Waals surface area contributed by atoms with Crippen LogP contribution in [0.15, 0.2) is 47.1 Å². The largest absolute Gasteiger partial charge is 0.468 e. The van der Waals surface area contributed by atoms with E-state index in [-0.39, 0.29) is 0 Å². The molecular formula is C16H17F3N2O. The summed E-state index contributed by atoms with van der Waals surface area (Å²) in [4.78, 5) is 4.23. The molecule has 3 nitrogen and oxygen atoms in total. The monoisotopic (exact) mass is 310 g/mol. The molecule has 2 heterocycles. The van der Waals surface area contributed by atoms with Crippen molar-refractivity contribution in [3.8, 4) is 0 Å². The highest BCUT2D eigenvalue weighted by molar-refractivity contribution is 5.49. The first-order valence-electron chi connectivity index (χ1n) is 7.19. The molecule has 0 atom stereocenters. The van der Waals surface area contributed by atoms with E-state index in [1.165, 1.54) is 12.1 Å². The summed E-state index contributed by atoms with van der Waals surface area (Å²) in [6, 6.07) is 9.32. The maximum absolute atomic E-state index is 12.8. The lowest BCUT2D eigenvalue weighted by molar-refractivity contribution is -0.137. The quantitative estimate of drug-likeness (QED) is 0.863. The molecule has 1 fully saturated rings. The maximum atomic E-state index is 12.8. The molecule has 0 saturated carbocycles. The van der Waals surface area contributed by atoms with E-state index in [1.807, 2.05) is 17.0 Å². The van der Waals surface area contributed by atoms with Crippen LogP contribution < -0.4 is 4.90 Å². The Hall–Kier alpha value is -1.95. The van der Waals surface area contributed by atoms with E-state index in [2.05, 4.69) is 4.90 Å². The van der Waals surface area contributed by atoms with E-state index >= 15 is 0 Å². The summed E-state index contributed by atoms with van der Waals surface area (Å²) in [6.07, 6.45) is -2.65. The summed E-state index contributed by atoms with van der Waals surface area (Å²) in [5.74, 6) is 0.910. The average molecular weight is 310 g/mol. The molecule has 0 amide bonds. The van der Waals surface area contributed by atoms with E-state index in [0.29, 0.717) is 18.8 Å². The summed E-state index contributed by atoms with van der Waals surface area (Å²) in [7, 11) is 0. The summed E-state index contributed by atoms with van der Waals surface area (Å²) >= 11 is 0. The Kier molecular flexibility index (Phi) is 4.11. The van der Waals surface area contributed by atoms with Gasteiger partial charge in [0.25, 0.3) is 0 Å². The zero-order valence-corrected chi connectivity index (χ0v) is 12.0. The van der Waals surface area contributed by atoms with Gasteiger partial charge in [-0.25, -0.2) is 0 Å². The van der Waals surface area contributed by atoms with Gasteiger partial charge in [0.05, 0.1) is 18.4 Å². The Labute approximate surface area is 126 Å². The van der Waals surface area contributed by atoms with Crippen LogP contribution in [0.4, 0.5) is 18.9 Å². The Morgan fingerprint density at radius 2 is 1.77 bits per heavy atom. The average Bonchev–Trinajstić information content (AvgIpc) is 3.00. The van der Waals surface area contributed by atoms with Gasteiger partial charge in [0, 0.05) is 31.9 Å². The fraction of sp³-hybridized carbons (Fsp3) is 0.375. The second kappa shape index (κ2) is 6.04. The van der Waals surface area contributed by atoms with Crippen LogP contribution in [-0.2, 0) is 12.7 Å². The molecule has 1 aliphatic rings. The Balaban J connectivity index is 1.61. The zero-order valence-electron chi connectivity index (χ0n) is 12.0. The van der Waals surface area contributed by atoms with E-state index in [1.54, 1.807) is 12.3 Å². The lowest BCUT2D eigenvalue weighted by Gasteiger charge is -2.35. The minimum atomic E-state index is -4.29. The highest BCUT2D eigenvalue weighted by atomic mass is 19.4. The molecule has 3 rings (SSSR count). The zero-order chi connectivity index (χ0) is 15.6. The van der Waals surface area contributed by atoms with Crippen molar-refractivity contribution >= 4 is 5.69 Å². The van der Waals surface area contributed by atoms with Gasteiger partial charge in [-0.2, -0.15) is 13.2 Å². The van der Waals surface area contributed by atoms with Crippen LogP contribution in [0.25, 0.3) is 0 Å². The van der Waals surface area contributed by atoms with Gasteiger partial charge >= 0.3 is 6.18 Å². The predicted octanol–water partition coefficient (Wildman–Crippen LogP) is 3.62. The maximum Gasteiger partial charge on any atom is 0.416 e. The molecule has 2 aromatic rings. The lowest BCUT2D eigenvalue weighted by Crippen LogP contribution is -2.46. The first-order chi connectivity index (χ1) is 10.5. The summed E-state index contributed by atoms with van der Waals surface area (Å²) in [5.41, 5.74) is 0.0375. The Bertz CT molecular complexity index is 602. The minimum absolute atomic E-state index is 0.594. The number of alkyl halides is 3. The molecular weight excluding hydrogens is 293 g/mol. The molecule has 1 aromatic heterocycles. The second-order valence-corrected chi connectivity index (χ2v) is 5.39. The molecule has 0 aliphatic carbocycles. The van der Waals surface area contributed by atoms with Gasteiger partial charge in [-0.15, -0.1) is 0 Å². The van der Waals surface area contributed by atoms with Gasteiger partial charge in [-0.3, -0.25) is 4.90 Å². The molecule has 0 radical (unpaired) electrons. The van der Waals surface area contributed by atoms with E-state index in [0.717, 1.165) is 31.5 Å². The van der Waals surface area contributed by atoms with Gasteiger partial charge in [0.1, 0.15) is 5.76 Å². The first-order valence-corrected chi connectivity index (χ1v) is 7.19. The number of anilines is 1. The van der Waals surface area contributed by atoms with E-state index in [9.17, 15) is 13.2 Å². The van der Waals surface area contributed by atoms with E-state index in [4.69, 9.17) is 4.42 Å². The Morgan fingerprint density at radius 3 is 2.41 bits per heavy atom. The van der Waals surface area contributed by atoms with Crippen LogP contribution in [0.5, 0.6) is 0 Å². The SMILES string of the molecule is FC(F)(F)c1cccc(N2CCN(Cc3ccco3)CC2)c1. The van der Waals surface area contributed by atoms with Crippen molar-refractivity contribution in [3.05, 3.63) is 54.0 Å². The van der Waals surface area contributed by atoms with Crippen molar-refractivity contribution in [3.63, 3.8) is 0 Å². The fourth-order valence-electron chi connectivity index (χ4n) is 2.67. The number of piperazine rings is 1. The molecule has 0 bridgehead atoms. The highest BCUT2D eigenvalue weighted by Crippen LogP contribution is 2.31. The van der Waals surface area contributed by atoms with Crippen LogP contribution >= 0.6 is 0 Å². The fourth-order valence-corrected chi connectivity index (χ4v) is 2.67. The highest BCUT2D eigenvalue weighted by Gasteiger charge is 2.31. The van der Waals surface area contributed by atoms with Crippen LogP contribution in [-0.4, -0.2) is 31.1 Å². The number of hydrogen-bond donors (Lipinski definition) is 0. The predicted molar refractivity (Wildman–Crippen MR) is 77.6 cm³/mol. The van der Waals surface area contributed by atoms with E-state index < -0.39 is 11.7 Å². The normalized spacial score (nSPS) is 17.0. The second-order valence-electron chi connectivity index (χ2n) is 5.39. The standard InChI is InChI=1S/C16H17F3N2O/c17-16(18,19)13-3-1-4-14(11-13)21-8-6-20(7-9-21)12-15-5-2-10-22-15/h1-5,10-11H,6-9,12H2. The number of rotatable bonds is 3. The summed E-state index contributed by atoms with van der Waals surface area (Å²) in [6.45, 7) is 3.77. The van der Waals surface area contributed by atoms with Crippen molar-refractivity contribution in [1.29, 1.82) is 0 Å². The van der Waals surface area contributed by atoms with Crippen molar-refractivity contribution in [2.24, 2.45) is 0 Å². The third-order valence-corrected chi connectivity index (χ3v) is 3.87. The molecule has 22 heavy (non-hydrogen) atoms. The lowest BCUT2D eigenvalue weighted by atomic mass is 10.1. The number of benzene rings is 1. The smallest absolute Gasteiger partial charge is 0.416 e. The Morgan fingerprint density at radius 1 is 1.00 bits per heavy atom. The number of nitrogens with zero attached hydrogens (tertiary/aromatic N) is 2. The molecule has 118 valence electrons. The van der Waals surface area contributed by atoms with Gasteiger partial charge in [0.15, 0.2) is 0 Å². The number of furan rings is 1. The molecule has 0 spiro atoms. The van der Waals surface area contributed by atoms with Crippen LogP contribution in [0.1, 0.15) is 11.3 Å². The molecule has 1 aromatic carbocycles. The van der Waals surface area contributed by atoms with Gasteiger partial charge in [-0.1, -0.05) is 6.07 Å². The van der Waals surface area contributed by atoms with Gasteiger partial charge in [-0.05, 0) is 30.3 Å². The molecule has 0 N–H and O–H groups in total. The van der Waals surface area contributed by atoms with Gasteiger partial charge < -0.3 is 9.32 Å². The van der Waals surface area contributed by atoms with Crippen LogP contribution in [0, 0.1) is 0 Å². The molecule has 1 aliphatic heterocycles. The van der Waals surface area contributed by atoms with Gasteiger partial charge in [0.2, 0.25) is 0 Å². The van der Waals surface area contributed by atoms with Crippen molar-refractivity contribution in [2.45, 2.75) is 12.7 Å². The van der Waals surface area contributed by atoms with Crippen molar-refractivity contribution < 1.29 is 17.6 Å². The molecule has 0 unspecified atom stereocenters. The third-order valence-electron chi connectivity index (χ3n) is 3.87.